The average Bonchev–Trinajstić information content (AvgIpc) is 2.78. The highest BCUT2D eigenvalue weighted by molar-refractivity contribution is 5.95. The first-order valence-corrected chi connectivity index (χ1v) is 6.23. The van der Waals surface area contributed by atoms with Gasteiger partial charge in [0.25, 0.3) is 0 Å². The van der Waals surface area contributed by atoms with Gasteiger partial charge in [0.15, 0.2) is 0 Å². The van der Waals surface area contributed by atoms with Gasteiger partial charge in [0.05, 0.1) is 7.11 Å². The number of rotatable bonds is 4. The van der Waals surface area contributed by atoms with Gasteiger partial charge in [-0.15, -0.1) is 0 Å². The molecule has 0 aliphatic carbocycles. The molecule has 1 aromatic carbocycles. The van der Waals surface area contributed by atoms with Crippen LogP contribution in [0.1, 0.15) is 31.7 Å². The van der Waals surface area contributed by atoms with Crippen molar-refractivity contribution in [2.75, 3.05) is 18.6 Å². The van der Waals surface area contributed by atoms with E-state index in [0.717, 1.165) is 37.2 Å². The lowest BCUT2D eigenvalue weighted by Gasteiger charge is -2.17. The first-order valence-electron chi connectivity index (χ1n) is 6.23. The fraction of sp³-hybridized carbons (Fsp3) is 0.500. The van der Waals surface area contributed by atoms with E-state index in [0.29, 0.717) is 6.42 Å². The van der Waals surface area contributed by atoms with Crippen molar-refractivity contribution in [3.8, 4) is 5.75 Å². The Bertz CT molecular complexity index is 415. The lowest BCUT2D eigenvalue weighted by atomic mass is 10.1. The van der Waals surface area contributed by atoms with E-state index in [-0.39, 0.29) is 5.91 Å². The molecule has 3 nitrogen and oxygen atoms in total. The number of fused-ring (bicyclic) bond motifs is 1. The molecule has 0 saturated heterocycles. The molecule has 0 atom stereocenters. The second-order valence-electron chi connectivity index (χ2n) is 4.39. The molecule has 1 aliphatic heterocycles. The molecule has 3 heteroatoms. The van der Waals surface area contributed by atoms with Crippen LogP contribution < -0.4 is 9.64 Å². The van der Waals surface area contributed by atoms with Gasteiger partial charge in [-0.25, -0.2) is 0 Å². The van der Waals surface area contributed by atoms with E-state index < -0.39 is 0 Å². The summed E-state index contributed by atoms with van der Waals surface area (Å²) in [6.07, 6.45) is 3.63. The van der Waals surface area contributed by atoms with Gasteiger partial charge in [-0.05, 0) is 36.6 Å². The summed E-state index contributed by atoms with van der Waals surface area (Å²) in [4.78, 5) is 13.9. The molecule has 0 saturated carbocycles. The van der Waals surface area contributed by atoms with Gasteiger partial charge in [-0.2, -0.15) is 0 Å². The second kappa shape index (κ2) is 5.21. The number of nitrogens with zero attached hydrogens (tertiary/aromatic N) is 1. The third kappa shape index (κ3) is 2.43. The van der Waals surface area contributed by atoms with Gasteiger partial charge in [0.2, 0.25) is 5.91 Å². The molecule has 0 N–H and O–H groups in total. The molecule has 1 amide bonds. The van der Waals surface area contributed by atoms with Gasteiger partial charge in [-0.3, -0.25) is 4.79 Å². The Morgan fingerprint density at radius 3 is 3.00 bits per heavy atom. The van der Waals surface area contributed by atoms with Gasteiger partial charge >= 0.3 is 0 Å². The number of anilines is 1. The minimum absolute atomic E-state index is 0.246. The number of unbranched alkanes of at least 4 members (excludes halogenated alkanes) is 1. The predicted molar refractivity (Wildman–Crippen MR) is 68.6 cm³/mol. The zero-order chi connectivity index (χ0) is 12.3. The van der Waals surface area contributed by atoms with Crippen molar-refractivity contribution in [2.24, 2.45) is 0 Å². The maximum atomic E-state index is 12.0. The van der Waals surface area contributed by atoms with Crippen molar-refractivity contribution in [3.63, 3.8) is 0 Å². The smallest absolute Gasteiger partial charge is 0.226 e. The van der Waals surface area contributed by atoms with Crippen LogP contribution >= 0.6 is 0 Å². The van der Waals surface area contributed by atoms with Crippen LogP contribution in [0.5, 0.6) is 5.75 Å². The molecule has 0 unspecified atom stereocenters. The van der Waals surface area contributed by atoms with Crippen LogP contribution in [-0.2, 0) is 11.2 Å². The summed E-state index contributed by atoms with van der Waals surface area (Å²) in [5, 5.41) is 0. The number of carbonyl (C=O) groups excluding carboxylic acids is 1. The molecule has 0 aromatic heterocycles. The molecule has 92 valence electrons. The van der Waals surface area contributed by atoms with Gasteiger partial charge < -0.3 is 9.64 Å². The van der Waals surface area contributed by atoms with Crippen molar-refractivity contribution in [2.45, 2.75) is 32.6 Å². The normalized spacial score (nSPS) is 13.6. The van der Waals surface area contributed by atoms with E-state index >= 15 is 0 Å². The molecule has 0 spiro atoms. The number of hydrogen-bond donors (Lipinski definition) is 0. The highest BCUT2D eigenvalue weighted by Crippen LogP contribution is 2.31. The van der Waals surface area contributed by atoms with Crippen LogP contribution in [0.4, 0.5) is 5.69 Å². The molecular weight excluding hydrogens is 214 g/mol. The number of hydrogen-bond acceptors (Lipinski definition) is 2. The van der Waals surface area contributed by atoms with Gasteiger partial charge in [0.1, 0.15) is 5.75 Å². The quantitative estimate of drug-likeness (QED) is 0.800. The topological polar surface area (TPSA) is 29.5 Å². The number of methoxy groups -OCH3 is 1. The second-order valence-corrected chi connectivity index (χ2v) is 4.39. The standard InChI is InChI=1S/C14H19NO2/c1-3-4-5-14(16)15-9-8-11-10-12(17-2)6-7-13(11)15/h6-7,10H,3-5,8-9H2,1-2H3. The summed E-state index contributed by atoms with van der Waals surface area (Å²) < 4.78 is 5.20. The van der Waals surface area contributed by atoms with Crippen LogP contribution in [0.15, 0.2) is 18.2 Å². The SMILES string of the molecule is CCCCC(=O)N1CCc2cc(OC)ccc21. The maximum Gasteiger partial charge on any atom is 0.226 e. The van der Waals surface area contributed by atoms with Gasteiger partial charge in [-0.1, -0.05) is 13.3 Å². The lowest BCUT2D eigenvalue weighted by Crippen LogP contribution is -2.28. The Hall–Kier alpha value is -1.51. The van der Waals surface area contributed by atoms with E-state index in [1.165, 1.54) is 5.56 Å². The van der Waals surface area contributed by atoms with E-state index in [1.54, 1.807) is 7.11 Å². The Kier molecular flexibility index (Phi) is 3.67. The fourth-order valence-corrected chi connectivity index (χ4v) is 2.23. The predicted octanol–water partition coefficient (Wildman–Crippen LogP) is 2.77. The average molecular weight is 233 g/mol. The van der Waals surface area contributed by atoms with Crippen LogP contribution in [0.25, 0.3) is 0 Å². The van der Waals surface area contributed by atoms with Gasteiger partial charge in [0, 0.05) is 18.7 Å². The molecule has 2 rings (SSSR count). The highest BCUT2D eigenvalue weighted by Gasteiger charge is 2.24. The zero-order valence-corrected chi connectivity index (χ0v) is 10.5. The Morgan fingerprint density at radius 1 is 1.47 bits per heavy atom. The molecule has 1 aromatic rings. The summed E-state index contributed by atoms with van der Waals surface area (Å²) in [6.45, 7) is 2.92. The largest absolute Gasteiger partial charge is 0.497 e. The maximum absolute atomic E-state index is 12.0. The van der Waals surface area contributed by atoms with Crippen LogP contribution in [0.2, 0.25) is 0 Å². The minimum Gasteiger partial charge on any atom is -0.497 e. The fourth-order valence-electron chi connectivity index (χ4n) is 2.23. The number of carbonyl (C=O) groups is 1. The monoisotopic (exact) mass is 233 g/mol. The zero-order valence-electron chi connectivity index (χ0n) is 10.5. The lowest BCUT2D eigenvalue weighted by molar-refractivity contribution is -0.118. The third-order valence-electron chi connectivity index (χ3n) is 3.23. The first kappa shape index (κ1) is 12.0. The molecular formula is C14H19NO2. The molecule has 1 heterocycles. The summed E-state index contributed by atoms with van der Waals surface area (Å²) in [6, 6.07) is 5.94. The van der Waals surface area contributed by atoms with E-state index in [2.05, 4.69) is 6.92 Å². The number of amides is 1. The Labute approximate surface area is 102 Å². The van der Waals surface area contributed by atoms with E-state index in [1.807, 2.05) is 23.1 Å². The molecule has 0 bridgehead atoms. The molecule has 1 aliphatic rings. The van der Waals surface area contributed by atoms with Crippen LogP contribution in [0.3, 0.4) is 0 Å². The summed E-state index contributed by atoms with van der Waals surface area (Å²) in [5.41, 5.74) is 2.28. The highest BCUT2D eigenvalue weighted by atomic mass is 16.5. The number of benzene rings is 1. The van der Waals surface area contributed by atoms with Crippen molar-refractivity contribution < 1.29 is 9.53 Å². The van der Waals surface area contributed by atoms with Crippen molar-refractivity contribution in [1.82, 2.24) is 0 Å². The van der Waals surface area contributed by atoms with Crippen LogP contribution in [-0.4, -0.2) is 19.6 Å². The third-order valence-corrected chi connectivity index (χ3v) is 3.23. The van der Waals surface area contributed by atoms with Crippen molar-refractivity contribution in [3.05, 3.63) is 23.8 Å². The summed E-state index contributed by atoms with van der Waals surface area (Å²) in [7, 11) is 1.67. The number of ether oxygens (including phenoxy) is 1. The first-order chi connectivity index (χ1) is 8.26. The molecule has 17 heavy (non-hydrogen) atoms. The van der Waals surface area contributed by atoms with Crippen molar-refractivity contribution >= 4 is 11.6 Å². The molecule has 0 fully saturated rings. The summed E-state index contributed by atoms with van der Waals surface area (Å²) in [5.74, 6) is 1.11. The minimum atomic E-state index is 0.246. The Balaban J connectivity index is 2.14. The summed E-state index contributed by atoms with van der Waals surface area (Å²) >= 11 is 0. The van der Waals surface area contributed by atoms with Crippen LogP contribution in [0, 0.1) is 0 Å². The Morgan fingerprint density at radius 2 is 2.29 bits per heavy atom. The van der Waals surface area contributed by atoms with E-state index in [4.69, 9.17) is 4.74 Å². The molecule has 0 radical (unpaired) electrons. The van der Waals surface area contributed by atoms with Crippen molar-refractivity contribution in [1.29, 1.82) is 0 Å². The van der Waals surface area contributed by atoms with E-state index in [9.17, 15) is 4.79 Å².